The topological polar surface area (TPSA) is 86.7 Å². The molecule has 0 aliphatic carbocycles. The summed E-state index contributed by atoms with van der Waals surface area (Å²) in [5.41, 5.74) is 1.89. The monoisotopic (exact) mass is 480 g/mol. The van der Waals surface area contributed by atoms with Crippen molar-refractivity contribution in [2.24, 2.45) is 0 Å². The smallest absolute Gasteiger partial charge is 0.300 e. The fourth-order valence-electron chi connectivity index (χ4n) is 3.73. The number of nitrogens with one attached hydrogen (secondary N) is 1. The summed E-state index contributed by atoms with van der Waals surface area (Å²) in [6, 6.07) is 18.7. The number of ketones is 1. The van der Waals surface area contributed by atoms with E-state index >= 15 is 0 Å². The molecule has 1 saturated heterocycles. The first-order valence-electron chi connectivity index (χ1n) is 9.96. The van der Waals surface area contributed by atoms with E-state index in [0.29, 0.717) is 32.5 Å². The van der Waals surface area contributed by atoms with E-state index in [0.717, 1.165) is 0 Å². The molecule has 4 rings (SSSR count). The van der Waals surface area contributed by atoms with Gasteiger partial charge in [-0.15, -0.1) is 0 Å². The van der Waals surface area contributed by atoms with Crippen molar-refractivity contribution in [3.05, 3.63) is 99.5 Å². The van der Waals surface area contributed by atoms with Crippen LogP contribution < -0.4 is 10.2 Å². The molecule has 0 radical (unpaired) electrons. The Morgan fingerprint density at radius 3 is 1.97 bits per heavy atom. The van der Waals surface area contributed by atoms with Gasteiger partial charge in [-0.3, -0.25) is 19.3 Å². The first-order valence-corrected chi connectivity index (χ1v) is 10.7. The van der Waals surface area contributed by atoms with E-state index in [1.54, 1.807) is 72.8 Å². The summed E-state index contributed by atoms with van der Waals surface area (Å²) >= 11 is 12.0. The van der Waals surface area contributed by atoms with Crippen LogP contribution in [0, 0.1) is 0 Å². The largest absolute Gasteiger partial charge is 0.507 e. The number of benzene rings is 3. The lowest BCUT2D eigenvalue weighted by molar-refractivity contribution is -0.132. The van der Waals surface area contributed by atoms with E-state index in [-0.39, 0.29) is 17.2 Å². The number of aliphatic hydroxyl groups is 1. The zero-order valence-corrected chi connectivity index (χ0v) is 18.9. The number of hydrogen-bond donors (Lipinski definition) is 2. The molecule has 0 spiro atoms. The van der Waals surface area contributed by atoms with Crippen LogP contribution in [-0.2, 0) is 14.4 Å². The number of aliphatic hydroxyl groups excluding tert-OH is 1. The predicted molar refractivity (Wildman–Crippen MR) is 128 cm³/mol. The number of amides is 2. The van der Waals surface area contributed by atoms with E-state index in [1.807, 2.05) is 0 Å². The average molecular weight is 481 g/mol. The van der Waals surface area contributed by atoms with E-state index in [2.05, 4.69) is 5.32 Å². The van der Waals surface area contributed by atoms with Gasteiger partial charge >= 0.3 is 0 Å². The van der Waals surface area contributed by atoms with Crippen molar-refractivity contribution < 1.29 is 19.5 Å². The van der Waals surface area contributed by atoms with Crippen LogP contribution in [0.2, 0.25) is 10.0 Å². The number of carbonyl (C=O) groups excluding carboxylic acids is 3. The summed E-state index contributed by atoms with van der Waals surface area (Å²) in [6.45, 7) is 1.39. The van der Waals surface area contributed by atoms with Gasteiger partial charge in [0.2, 0.25) is 5.91 Å². The summed E-state index contributed by atoms with van der Waals surface area (Å²) in [7, 11) is 0. The highest BCUT2D eigenvalue weighted by Crippen LogP contribution is 2.42. The second-order valence-electron chi connectivity index (χ2n) is 7.46. The summed E-state index contributed by atoms with van der Waals surface area (Å²) in [4.78, 5) is 38.9. The fourth-order valence-corrected chi connectivity index (χ4v) is 3.98. The molecule has 3 aromatic rings. The molecule has 33 heavy (non-hydrogen) atoms. The van der Waals surface area contributed by atoms with Crippen LogP contribution in [0.3, 0.4) is 0 Å². The molecule has 0 aromatic heterocycles. The molecule has 1 fully saturated rings. The van der Waals surface area contributed by atoms with Crippen molar-refractivity contribution in [3.63, 3.8) is 0 Å². The SMILES string of the molecule is CC(=O)Nc1ccc(N2C(=O)C(=O)C(=C(O)c3ccc(Cl)cc3)[C@H]2c2ccc(Cl)cc2)cc1. The predicted octanol–water partition coefficient (Wildman–Crippen LogP) is 5.58. The van der Waals surface area contributed by atoms with Crippen molar-refractivity contribution >= 4 is 57.9 Å². The molecule has 6 nitrogen and oxygen atoms in total. The molecule has 8 heteroatoms. The lowest BCUT2D eigenvalue weighted by Crippen LogP contribution is -2.29. The normalized spacial score (nSPS) is 17.3. The quantitative estimate of drug-likeness (QED) is 0.290. The van der Waals surface area contributed by atoms with Crippen LogP contribution in [0.1, 0.15) is 24.1 Å². The van der Waals surface area contributed by atoms with E-state index in [4.69, 9.17) is 23.2 Å². The molecule has 2 amide bonds. The Kier molecular flexibility index (Phi) is 6.22. The Morgan fingerprint density at radius 2 is 1.42 bits per heavy atom. The zero-order chi connectivity index (χ0) is 23.7. The number of nitrogens with zero attached hydrogens (tertiary/aromatic N) is 1. The van der Waals surface area contributed by atoms with Crippen molar-refractivity contribution in [2.75, 3.05) is 10.2 Å². The number of rotatable bonds is 4. The van der Waals surface area contributed by atoms with E-state index < -0.39 is 17.7 Å². The van der Waals surface area contributed by atoms with E-state index in [1.165, 1.54) is 11.8 Å². The average Bonchev–Trinajstić information content (AvgIpc) is 3.05. The Balaban J connectivity index is 1.87. The number of carbonyl (C=O) groups is 3. The van der Waals surface area contributed by atoms with Gasteiger partial charge in [0, 0.05) is 33.9 Å². The molecule has 1 aliphatic heterocycles. The Hall–Kier alpha value is -3.61. The summed E-state index contributed by atoms with van der Waals surface area (Å²) in [5, 5.41) is 14.7. The van der Waals surface area contributed by atoms with Crippen molar-refractivity contribution in [1.82, 2.24) is 0 Å². The maximum Gasteiger partial charge on any atom is 0.300 e. The lowest BCUT2D eigenvalue weighted by atomic mass is 9.95. The minimum Gasteiger partial charge on any atom is -0.507 e. The Labute approximate surface area is 200 Å². The molecule has 166 valence electrons. The highest BCUT2D eigenvalue weighted by atomic mass is 35.5. The number of Topliss-reactive ketones (excluding diaryl/α,β-unsaturated/α-hetero) is 1. The van der Waals surface area contributed by atoms with E-state index in [9.17, 15) is 19.5 Å². The molecular formula is C25H18Cl2N2O4. The van der Waals surface area contributed by atoms with Crippen molar-refractivity contribution in [1.29, 1.82) is 0 Å². The third-order valence-corrected chi connectivity index (χ3v) is 5.72. The van der Waals surface area contributed by atoms with Crippen LogP contribution in [0.5, 0.6) is 0 Å². The first kappa shape index (κ1) is 22.6. The maximum absolute atomic E-state index is 13.1. The van der Waals surface area contributed by atoms with Crippen LogP contribution in [0.4, 0.5) is 11.4 Å². The minimum atomic E-state index is -0.885. The standard InChI is InChI=1S/C25H18Cl2N2O4/c1-14(30)28-19-10-12-20(13-11-19)29-22(15-2-6-17(26)7-3-15)21(24(32)25(29)33)23(31)16-4-8-18(27)9-5-16/h2-13,22,31H,1H3,(H,28,30)/t22-/m1/s1. The lowest BCUT2D eigenvalue weighted by Gasteiger charge is -2.25. The van der Waals surface area contributed by atoms with Gasteiger partial charge in [-0.25, -0.2) is 0 Å². The highest BCUT2D eigenvalue weighted by Gasteiger charge is 2.46. The number of anilines is 2. The molecule has 1 atom stereocenters. The number of hydrogen-bond acceptors (Lipinski definition) is 4. The second-order valence-corrected chi connectivity index (χ2v) is 8.33. The second kappa shape index (κ2) is 9.10. The third-order valence-electron chi connectivity index (χ3n) is 5.21. The van der Waals surface area contributed by atoms with Gasteiger partial charge in [0.05, 0.1) is 11.6 Å². The van der Waals surface area contributed by atoms with Gasteiger partial charge in [-0.2, -0.15) is 0 Å². The van der Waals surface area contributed by atoms with Gasteiger partial charge in [0.15, 0.2) is 0 Å². The van der Waals surface area contributed by atoms with Gasteiger partial charge < -0.3 is 10.4 Å². The van der Waals surface area contributed by atoms with Crippen LogP contribution in [-0.4, -0.2) is 22.7 Å². The highest BCUT2D eigenvalue weighted by molar-refractivity contribution is 6.51. The van der Waals surface area contributed by atoms with Crippen molar-refractivity contribution in [2.45, 2.75) is 13.0 Å². The third kappa shape index (κ3) is 4.49. The molecular weight excluding hydrogens is 463 g/mol. The number of halogens is 2. The first-order chi connectivity index (χ1) is 15.8. The zero-order valence-electron chi connectivity index (χ0n) is 17.4. The van der Waals surface area contributed by atoms with Gasteiger partial charge in [0.25, 0.3) is 11.7 Å². The molecule has 1 heterocycles. The summed E-state index contributed by atoms with van der Waals surface area (Å²) in [6.07, 6.45) is 0. The van der Waals surface area contributed by atoms with Gasteiger partial charge in [0.1, 0.15) is 5.76 Å². The summed E-state index contributed by atoms with van der Waals surface area (Å²) in [5.74, 6) is -2.12. The molecule has 0 saturated carbocycles. The van der Waals surface area contributed by atoms with Gasteiger partial charge in [-0.05, 0) is 66.2 Å². The summed E-state index contributed by atoms with van der Waals surface area (Å²) < 4.78 is 0. The van der Waals surface area contributed by atoms with Gasteiger partial charge in [-0.1, -0.05) is 35.3 Å². The minimum absolute atomic E-state index is 0.0458. The van der Waals surface area contributed by atoms with Crippen LogP contribution >= 0.6 is 23.2 Å². The molecule has 0 bridgehead atoms. The molecule has 2 N–H and O–H groups in total. The van der Waals surface area contributed by atoms with Crippen LogP contribution in [0.15, 0.2) is 78.4 Å². The maximum atomic E-state index is 13.1. The fraction of sp³-hybridized carbons (Fsp3) is 0.0800. The molecule has 3 aromatic carbocycles. The Morgan fingerprint density at radius 1 is 0.879 bits per heavy atom. The molecule has 0 unspecified atom stereocenters. The van der Waals surface area contributed by atoms with Crippen molar-refractivity contribution in [3.8, 4) is 0 Å². The van der Waals surface area contributed by atoms with Crippen LogP contribution in [0.25, 0.3) is 5.76 Å². The molecule has 1 aliphatic rings. The Bertz CT molecular complexity index is 1270.